The number of rotatable bonds is 2. The van der Waals surface area contributed by atoms with Crippen LogP contribution in [0, 0.1) is 5.92 Å². The second-order valence-corrected chi connectivity index (χ2v) is 6.42. The Bertz CT molecular complexity index is 693. The van der Waals surface area contributed by atoms with Gasteiger partial charge >= 0.3 is 0 Å². The van der Waals surface area contributed by atoms with Crippen molar-refractivity contribution in [3.05, 3.63) is 35.0 Å². The first-order valence-corrected chi connectivity index (χ1v) is 7.78. The summed E-state index contributed by atoms with van der Waals surface area (Å²) in [5, 5.41) is 4.60. The van der Waals surface area contributed by atoms with Crippen molar-refractivity contribution >= 4 is 40.9 Å². The predicted octanol–water partition coefficient (Wildman–Crippen LogP) is 3.33. The number of amides is 1. The molecule has 1 amide bonds. The van der Waals surface area contributed by atoms with Crippen molar-refractivity contribution in [1.29, 1.82) is 0 Å². The molecule has 1 atom stereocenters. The summed E-state index contributed by atoms with van der Waals surface area (Å²) in [6, 6.07) is 5.68. The van der Waals surface area contributed by atoms with Crippen LogP contribution in [0.1, 0.15) is 23.2 Å². The zero-order chi connectivity index (χ0) is 14.4. The van der Waals surface area contributed by atoms with E-state index < -0.39 is 0 Å². The van der Waals surface area contributed by atoms with Crippen LogP contribution >= 0.6 is 24.0 Å². The molecule has 3 aliphatic heterocycles. The molecule has 5 rings (SSSR count). The number of carbonyl (C=O) groups excluding carboxylic acids is 1. The second kappa shape index (κ2) is 6.11. The number of hydrogen-bond acceptors (Lipinski definition) is 3. The molecule has 4 heterocycles. The van der Waals surface area contributed by atoms with Crippen LogP contribution in [0.4, 0.5) is 0 Å². The molecular weight excluding hydrogens is 323 g/mol. The lowest BCUT2D eigenvalue weighted by molar-refractivity contribution is 0.0620. The lowest BCUT2D eigenvalue weighted by atomic mass is 9.84. The summed E-state index contributed by atoms with van der Waals surface area (Å²) < 4.78 is 5.36. The molecule has 118 valence electrons. The highest BCUT2D eigenvalue weighted by molar-refractivity contribution is 6.35. The third-order valence-electron chi connectivity index (χ3n) is 4.76. The zero-order valence-corrected chi connectivity index (χ0v) is 13.6. The number of nitrogens with zero attached hydrogens (tertiary/aromatic N) is 1. The van der Waals surface area contributed by atoms with Gasteiger partial charge in [0, 0.05) is 23.5 Å². The molecule has 4 nitrogen and oxygen atoms in total. The van der Waals surface area contributed by atoms with E-state index in [1.165, 1.54) is 32.2 Å². The average molecular weight is 341 g/mol. The van der Waals surface area contributed by atoms with Crippen LogP contribution in [0.3, 0.4) is 0 Å². The van der Waals surface area contributed by atoms with Crippen LogP contribution in [-0.2, 0) is 0 Å². The molecule has 0 spiro atoms. The Morgan fingerprint density at radius 1 is 1.32 bits per heavy atom. The molecule has 0 saturated carbocycles. The molecule has 2 bridgehead atoms. The third-order valence-corrected chi connectivity index (χ3v) is 5.06. The smallest absolute Gasteiger partial charge is 0.251 e. The van der Waals surface area contributed by atoms with Crippen molar-refractivity contribution in [3.63, 3.8) is 0 Å². The fourth-order valence-electron chi connectivity index (χ4n) is 3.52. The number of fused-ring (bicyclic) bond motifs is 4. The van der Waals surface area contributed by atoms with E-state index in [4.69, 9.17) is 16.0 Å². The van der Waals surface area contributed by atoms with Gasteiger partial charge in [0.05, 0.1) is 5.02 Å². The quantitative estimate of drug-likeness (QED) is 0.911. The predicted molar refractivity (Wildman–Crippen MR) is 88.9 cm³/mol. The lowest BCUT2D eigenvalue weighted by Gasteiger charge is -2.44. The number of piperidine rings is 3. The number of hydrogen-bond donors (Lipinski definition) is 1. The van der Waals surface area contributed by atoms with E-state index in [1.807, 2.05) is 6.07 Å². The van der Waals surface area contributed by atoms with Gasteiger partial charge in [-0.1, -0.05) is 11.6 Å². The summed E-state index contributed by atoms with van der Waals surface area (Å²) in [4.78, 5) is 14.9. The summed E-state index contributed by atoms with van der Waals surface area (Å²) in [5.41, 5.74) is 1.28. The first-order valence-electron chi connectivity index (χ1n) is 7.41. The molecule has 0 aliphatic carbocycles. The Morgan fingerprint density at radius 2 is 2.09 bits per heavy atom. The maximum Gasteiger partial charge on any atom is 0.251 e. The van der Waals surface area contributed by atoms with E-state index >= 15 is 0 Å². The molecule has 2 aromatic rings. The maximum atomic E-state index is 12.4. The van der Waals surface area contributed by atoms with Gasteiger partial charge < -0.3 is 14.6 Å². The second-order valence-electron chi connectivity index (χ2n) is 6.01. The van der Waals surface area contributed by atoms with Gasteiger partial charge in [0.25, 0.3) is 5.91 Å². The Hall–Kier alpha value is -1.23. The molecule has 1 N–H and O–H groups in total. The lowest BCUT2D eigenvalue weighted by Crippen LogP contribution is -2.57. The molecule has 6 heteroatoms. The first-order chi connectivity index (χ1) is 10.2. The van der Waals surface area contributed by atoms with Crippen LogP contribution in [-0.4, -0.2) is 36.5 Å². The van der Waals surface area contributed by atoms with Crippen molar-refractivity contribution in [3.8, 4) is 0 Å². The van der Waals surface area contributed by atoms with Gasteiger partial charge in [-0.05, 0) is 50.0 Å². The van der Waals surface area contributed by atoms with Gasteiger partial charge in [-0.2, -0.15) is 0 Å². The number of carbonyl (C=O) groups is 1. The van der Waals surface area contributed by atoms with Crippen molar-refractivity contribution in [2.75, 3.05) is 19.6 Å². The van der Waals surface area contributed by atoms with E-state index in [0.717, 1.165) is 11.9 Å². The average Bonchev–Trinajstić information content (AvgIpc) is 2.89. The van der Waals surface area contributed by atoms with Gasteiger partial charge in [0.2, 0.25) is 0 Å². The van der Waals surface area contributed by atoms with Crippen molar-refractivity contribution in [2.45, 2.75) is 18.9 Å². The SMILES string of the molecule is Cl.O=C(N[C@H]1CN2CCC1CC2)c1ccc2c(Cl)coc2c1. The molecule has 0 radical (unpaired) electrons. The first kappa shape index (κ1) is 15.7. The summed E-state index contributed by atoms with van der Waals surface area (Å²) in [5.74, 6) is 0.601. The Kier molecular flexibility index (Phi) is 4.35. The molecule has 1 aromatic heterocycles. The minimum Gasteiger partial charge on any atom is -0.463 e. The van der Waals surface area contributed by atoms with Crippen LogP contribution in [0.5, 0.6) is 0 Å². The van der Waals surface area contributed by atoms with Crippen LogP contribution in [0.2, 0.25) is 5.02 Å². The number of nitrogens with one attached hydrogen (secondary N) is 1. The molecule has 0 unspecified atom stereocenters. The number of halogens is 2. The summed E-state index contributed by atoms with van der Waals surface area (Å²) in [6.07, 6.45) is 3.89. The topological polar surface area (TPSA) is 45.5 Å². The molecule has 22 heavy (non-hydrogen) atoms. The number of furan rings is 1. The van der Waals surface area contributed by atoms with E-state index in [9.17, 15) is 4.79 Å². The van der Waals surface area contributed by atoms with Crippen molar-refractivity contribution in [1.82, 2.24) is 10.2 Å². The summed E-state index contributed by atoms with van der Waals surface area (Å²) in [6.45, 7) is 3.33. The van der Waals surface area contributed by atoms with Gasteiger partial charge in [0.15, 0.2) is 0 Å². The highest BCUT2D eigenvalue weighted by Gasteiger charge is 2.34. The highest BCUT2D eigenvalue weighted by atomic mass is 35.5. The van der Waals surface area contributed by atoms with Gasteiger partial charge in [-0.25, -0.2) is 0 Å². The fourth-order valence-corrected chi connectivity index (χ4v) is 3.72. The third kappa shape index (κ3) is 2.71. The van der Waals surface area contributed by atoms with E-state index in [2.05, 4.69) is 10.2 Å². The van der Waals surface area contributed by atoms with Gasteiger partial charge in [0.1, 0.15) is 11.8 Å². The van der Waals surface area contributed by atoms with E-state index in [-0.39, 0.29) is 24.4 Å². The minimum absolute atomic E-state index is 0. The molecule has 3 aliphatic rings. The maximum absolute atomic E-state index is 12.4. The Balaban J connectivity index is 0.00000144. The molecule has 1 aromatic carbocycles. The zero-order valence-electron chi connectivity index (χ0n) is 12.0. The monoisotopic (exact) mass is 340 g/mol. The van der Waals surface area contributed by atoms with E-state index in [0.29, 0.717) is 22.1 Å². The van der Waals surface area contributed by atoms with Crippen LogP contribution in [0.25, 0.3) is 11.0 Å². The fraction of sp³-hybridized carbons (Fsp3) is 0.438. The minimum atomic E-state index is -0.0248. The summed E-state index contributed by atoms with van der Waals surface area (Å²) in [7, 11) is 0. The summed E-state index contributed by atoms with van der Waals surface area (Å²) >= 11 is 6.00. The standard InChI is InChI=1S/C16H17ClN2O2.ClH/c17-13-9-21-15-7-11(1-2-12(13)15)16(20)18-14-8-19-5-3-10(14)4-6-19;/h1-2,7,9-10,14H,3-6,8H2,(H,18,20);1H/t14-;/m0./s1. The van der Waals surface area contributed by atoms with Gasteiger partial charge in [-0.3, -0.25) is 4.79 Å². The number of benzene rings is 1. The molecular formula is C16H18Cl2N2O2. The van der Waals surface area contributed by atoms with Crippen LogP contribution < -0.4 is 5.32 Å². The highest BCUT2D eigenvalue weighted by Crippen LogP contribution is 2.29. The Morgan fingerprint density at radius 3 is 2.77 bits per heavy atom. The van der Waals surface area contributed by atoms with Gasteiger partial charge in [-0.15, -0.1) is 12.4 Å². The Labute approximate surface area is 140 Å². The largest absolute Gasteiger partial charge is 0.463 e. The van der Waals surface area contributed by atoms with Crippen molar-refractivity contribution < 1.29 is 9.21 Å². The molecule has 3 fully saturated rings. The van der Waals surface area contributed by atoms with Crippen molar-refractivity contribution in [2.24, 2.45) is 5.92 Å². The van der Waals surface area contributed by atoms with Crippen LogP contribution in [0.15, 0.2) is 28.9 Å². The normalized spacial score (nSPS) is 26.7. The molecule has 3 saturated heterocycles. The van der Waals surface area contributed by atoms with E-state index in [1.54, 1.807) is 12.1 Å².